The van der Waals surface area contributed by atoms with E-state index in [1.165, 1.54) is 0 Å². The molecule has 2 N–H and O–H groups in total. The van der Waals surface area contributed by atoms with Gasteiger partial charge < -0.3 is 5.11 Å². The van der Waals surface area contributed by atoms with Crippen LogP contribution in [0.2, 0.25) is 0 Å². The molecule has 0 amide bonds. The zero-order valence-electron chi connectivity index (χ0n) is 10.9. The number of hydrogen-bond acceptors (Lipinski definition) is 3. The number of carboxylic acid groups (broad SMARTS) is 1. The standard InChI is InChI=1S/C11H23NO4S/c1-5-9(6-2)7-17(15,16)12-10(8(3)4)11(13)14/h8-10,12H,5-7H2,1-4H3,(H,13,14)/t10-/m0/s1. The molecule has 5 nitrogen and oxygen atoms in total. The van der Waals surface area contributed by atoms with E-state index in [9.17, 15) is 13.2 Å². The van der Waals surface area contributed by atoms with Gasteiger partial charge in [-0.05, 0) is 11.8 Å². The van der Waals surface area contributed by atoms with Crippen molar-refractivity contribution in [1.29, 1.82) is 0 Å². The zero-order chi connectivity index (χ0) is 13.6. The summed E-state index contributed by atoms with van der Waals surface area (Å²) in [6.45, 7) is 7.22. The summed E-state index contributed by atoms with van der Waals surface area (Å²) in [5.74, 6) is -1.33. The number of hydrogen-bond donors (Lipinski definition) is 2. The Morgan fingerprint density at radius 3 is 2.00 bits per heavy atom. The van der Waals surface area contributed by atoms with Crippen LogP contribution in [-0.4, -0.2) is 31.3 Å². The van der Waals surface area contributed by atoms with E-state index in [-0.39, 0.29) is 17.6 Å². The first kappa shape index (κ1) is 16.4. The second kappa shape index (κ2) is 6.96. The van der Waals surface area contributed by atoms with Crippen LogP contribution in [0.5, 0.6) is 0 Å². The molecule has 17 heavy (non-hydrogen) atoms. The molecule has 0 heterocycles. The fraction of sp³-hybridized carbons (Fsp3) is 0.909. The van der Waals surface area contributed by atoms with Gasteiger partial charge in [0.1, 0.15) is 6.04 Å². The quantitative estimate of drug-likeness (QED) is 0.696. The van der Waals surface area contributed by atoms with E-state index in [0.717, 1.165) is 12.8 Å². The maximum atomic E-state index is 11.8. The monoisotopic (exact) mass is 265 g/mol. The molecule has 0 aromatic carbocycles. The third-order valence-corrected chi connectivity index (χ3v) is 4.37. The molecule has 0 fully saturated rings. The molecule has 0 bridgehead atoms. The lowest BCUT2D eigenvalue weighted by molar-refractivity contribution is -0.140. The summed E-state index contributed by atoms with van der Waals surface area (Å²) in [5.41, 5.74) is 0. The molecule has 0 aromatic rings. The molecule has 0 spiro atoms. The highest BCUT2D eigenvalue weighted by Gasteiger charge is 2.27. The second-order valence-corrected chi connectivity index (χ2v) is 6.44. The summed E-state index contributed by atoms with van der Waals surface area (Å²) in [7, 11) is -3.53. The van der Waals surface area contributed by atoms with Crippen molar-refractivity contribution in [3.05, 3.63) is 0 Å². The van der Waals surface area contributed by atoms with Crippen molar-refractivity contribution in [2.24, 2.45) is 11.8 Å². The molecule has 0 radical (unpaired) electrons. The maximum absolute atomic E-state index is 11.8. The molecule has 0 aromatic heterocycles. The highest BCUT2D eigenvalue weighted by atomic mass is 32.2. The largest absolute Gasteiger partial charge is 0.480 e. The van der Waals surface area contributed by atoms with Crippen LogP contribution in [0.15, 0.2) is 0 Å². The molecular weight excluding hydrogens is 242 g/mol. The van der Waals surface area contributed by atoms with E-state index < -0.39 is 22.0 Å². The number of carbonyl (C=O) groups is 1. The molecule has 1 atom stereocenters. The van der Waals surface area contributed by atoms with Crippen molar-refractivity contribution in [1.82, 2.24) is 4.72 Å². The van der Waals surface area contributed by atoms with Crippen LogP contribution in [0.3, 0.4) is 0 Å². The first-order valence-electron chi connectivity index (χ1n) is 5.96. The molecular formula is C11H23NO4S. The van der Waals surface area contributed by atoms with Gasteiger partial charge in [0.05, 0.1) is 5.75 Å². The number of nitrogens with one attached hydrogen (secondary N) is 1. The number of rotatable bonds is 8. The van der Waals surface area contributed by atoms with Gasteiger partial charge in [-0.2, -0.15) is 0 Å². The average molecular weight is 265 g/mol. The molecule has 0 aliphatic carbocycles. The summed E-state index contributed by atoms with van der Waals surface area (Å²) in [6.07, 6.45) is 1.55. The smallest absolute Gasteiger partial charge is 0.321 e. The van der Waals surface area contributed by atoms with Crippen molar-refractivity contribution in [3.63, 3.8) is 0 Å². The Bertz CT molecular complexity index is 333. The topological polar surface area (TPSA) is 83.5 Å². The predicted molar refractivity (Wildman–Crippen MR) is 67.3 cm³/mol. The number of aliphatic carboxylic acids is 1. The Morgan fingerprint density at radius 1 is 1.24 bits per heavy atom. The van der Waals surface area contributed by atoms with Gasteiger partial charge in [-0.1, -0.05) is 40.5 Å². The van der Waals surface area contributed by atoms with Crippen LogP contribution in [-0.2, 0) is 14.8 Å². The molecule has 0 rings (SSSR count). The van der Waals surface area contributed by atoms with Crippen LogP contribution in [0.1, 0.15) is 40.5 Å². The second-order valence-electron chi connectivity index (χ2n) is 4.64. The summed E-state index contributed by atoms with van der Waals surface area (Å²) in [5, 5.41) is 8.93. The van der Waals surface area contributed by atoms with Crippen molar-refractivity contribution in [2.75, 3.05) is 5.75 Å². The molecule has 0 aliphatic heterocycles. The lowest BCUT2D eigenvalue weighted by atomic mass is 10.1. The number of sulfonamides is 1. The first-order chi connectivity index (χ1) is 7.73. The molecule has 6 heteroatoms. The fourth-order valence-electron chi connectivity index (χ4n) is 1.55. The Balaban J connectivity index is 4.67. The van der Waals surface area contributed by atoms with Gasteiger partial charge >= 0.3 is 5.97 Å². The normalized spacial score (nSPS) is 14.2. The molecule has 0 unspecified atom stereocenters. The minimum Gasteiger partial charge on any atom is -0.480 e. The lowest BCUT2D eigenvalue weighted by Crippen LogP contribution is -2.45. The first-order valence-corrected chi connectivity index (χ1v) is 7.61. The van der Waals surface area contributed by atoms with Crippen LogP contribution in [0.25, 0.3) is 0 Å². The van der Waals surface area contributed by atoms with Crippen molar-refractivity contribution in [2.45, 2.75) is 46.6 Å². The fourth-order valence-corrected chi connectivity index (χ4v) is 3.50. The Hall–Kier alpha value is -0.620. The van der Waals surface area contributed by atoms with E-state index in [2.05, 4.69) is 4.72 Å². The van der Waals surface area contributed by atoms with Gasteiger partial charge in [-0.15, -0.1) is 0 Å². The van der Waals surface area contributed by atoms with Crippen molar-refractivity contribution in [3.8, 4) is 0 Å². The van der Waals surface area contributed by atoms with Gasteiger partial charge in [0.15, 0.2) is 0 Å². The minimum absolute atomic E-state index is 0.00347. The predicted octanol–water partition coefficient (Wildman–Crippen LogP) is 1.45. The third kappa shape index (κ3) is 6.02. The summed E-state index contributed by atoms with van der Waals surface area (Å²) in [4.78, 5) is 10.9. The molecule has 0 saturated heterocycles. The Kier molecular flexibility index (Phi) is 6.70. The van der Waals surface area contributed by atoms with E-state index in [1.54, 1.807) is 13.8 Å². The van der Waals surface area contributed by atoms with Crippen LogP contribution < -0.4 is 4.72 Å². The Morgan fingerprint density at radius 2 is 1.71 bits per heavy atom. The van der Waals surface area contributed by atoms with Crippen molar-refractivity contribution < 1.29 is 18.3 Å². The third-order valence-electron chi connectivity index (χ3n) is 2.85. The van der Waals surface area contributed by atoms with E-state index in [1.807, 2.05) is 13.8 Å². The van der Waals surface area contributed by atoms with Gasteiger partial charge in [-0.3, -0.25) is 4.79 Å². The Labute approximate surface area is 104 Å². The van der Waals surface area contributed by atoms with E-state index in [4.69, 9.17) is 5.11 Å². The van der Waals surface area contributed by atoms with Gasteiger partial charge in [0, 0.05) is 0 Å². The highest BCUT2D eigenvalue weighted by molar-refractivity contribution is 7.89. The van der Waals surface area contributed by atoms with Crippen molar-refractivity contribution >= 4 is 16.0 Å². The van der Waals surface area contributed by atoms with E-state index in [0.29, 0.717) is 0 Å². The van der Waals surface area contributed by atoms with Gasteiger partial charge in [0.2, 0.25) is 10.0 Å². The highest BCUT2D eigenvalue weighted by Crippen LogP contribution is 2.12. The SMILES string of the molecule is CCC(CC)CS(=O)(=O)N[C@H](C(=O)O)C(C)C. The summed E-state index contributed by atoms with van der Waals surface area (Å²) < 4.78 is 25.9. The van der Waals surface area contributed by atoms with Crippen LogP contribution >= 0.6 is 0 Å². The molecule has 102 valence electrons. The van der Waals surface area contributed by atoms with Crippen LogP contribution in [0.4, 0.5) is 0 Å². The lowest BCUT2D eigenvalue weighted by Gasteiger charge is -2.20. The van der Waals surface area contributed by atoms with Gasteiger partial charge in [0.25, 0.3) is 0 Å². The maximum Gasteiger partial charge on any atom is 0.321 e. The summed E-state index contributed by atoms with van der Waals surface area (Å²) >= 11 is 0. The molecule has 0 saturated carbocycles. The molecule has 0 aliphatic rings. The average Bonchev–Trinajstić information content (AvgIpc) is 2.22. The van der Waals surface area contributed by atoms with E-state index >= 15 is 0 Å². The van der Waals surface area contributed by atoms with Crippen LogP contribution in [0, 0.1) is 11.8 Å². The number of carboxylic acids is 1. The zero-order valence-corrected chi connectivity index (χ0v) is 11.8. The summed E-state index contributed by atoms with van der Waals surface area (Å²) in [6, 6.07) is -1.05. The minimum atomic E-state index is -3.53. The van der Waals surface area contributed by atoms with Gasteiger partial charge in [-0.25, -0.2) is 13.1 Å².